The number of hydrogen-bond acceptors (Lipinski definition) is 2. The van der Waals surface area contributed by atoms with E-state index < -0.39 is 5.38 Å². The van der Waals surface area contributed by atoms with Crippen molar-refractivity contribution in [2.75, 3.05) is 6.61 Å². The van der Waals surface area contributed by atoms with Gasteiger partial charge in [-0.2, -0.15) is 0 Å². The fourth-order valence-electron chi connectivity index (χ4n) is 1.78. The normalized spacial score (nSPS) is 20.5. The summed E-state index contributed by atoms with van der Waals surface area (Å²) < 4.78 is 5.51. The molecule has 0 radical (unpaired) electrons. The Morgan fingerprint density at radius 3 is 3.06 bits per heavy atom. The lowest BCUT2D eigenvalue weighted by Gasteiger charge is -2.26. The summed E-state index contributed by atoms with van der Waals surface area (Å²) in [5.74, 6) is 0.713. The Morgan fingerprint density at radius 1 is 1.56 bits per heavy atom. The molecule has 1 aromatic carbocycles. The number of amides is 1. The van der Waals surface area contributed by atoms with Crippen LogP contribution in [0.4, 0.5) is 0 Å². The third-order valence-electron chi connectivity index (χ3n) is 2.64. The highest BCUT2D eigenvalue weighted by atomic mass is 35.5. The Labute approximate surface area is 99.7 Å². The molecule has 1 aromatic rings. The number of halogens is 1. The van der Waals surface area contributed by atoms with Crippen LogP contribution in [0.25, 0.3) is 0 Å². The summed E-state index contributed by atoms with van der Waals surface area (Å²) >= 11 is 5.73. The van der Waals surface area contributed by atoms with Gasteiger partial charge in [0, 0.05) is 12.0 Å². The topological polar surface area (TPSA) is 38.3 Å². The highest BCUT2D eigenvalue weighted by Gasteiger charge is 2.23. The molecule has 0 bridgehead atoms. The van der Waals surface area contributed by atoms with E-state index in [1.165, 1.54) is 0 Å². The van der Waals surface area contributed by atoms with Crippen LogP contribution in [0.1, 0.15) is 24.9 Å². The van der Waals surface area contributed by atoms with Gasteiger partial charge in [0.15, 0.2) is 0 Å². The molecule has 1 amide bonds. The van der Waals surface area contributed by atoms with Gasteiger partial charge in [0.05, 0.1) is 12.6 Å². The maximum absolute atomic E-state index is 11.5. The number of hydrogen-bond donors (Lipinski definition) is 1. The van der Waals surface area contributed by atoms with E-state index in [1.54, 1.807) is 6.92 Å². The smallest absolute Gasteiger partial charge is 0.238 e. The first-order chi connectivity index (χ1) is 7.68. The standard InChI is InChI=1S/C12H14ClNO2/c1-8(13)12(15)14-10-6-7-16-11-5-3-2-4-9(10)11/h2-5,8,10H,6-7H2,1H3,(H,14,15)/t8-,10-/m1/s1. The molecule has 0 fully saturated rings. The van der Waals surface area contributed by atoms with Crippen LogP contribution >= 0.6 is 11.6 Å². The zero-order valence-electron chi connectivity index (χ0n) is 9.07. The van der Waals surface area contributed by atoms with Crippen LogP contribution in [0, 0.1) is 0 Å². The zero-order valence-corrected chi connectivity index (χ0v) is 9.83. The number of benzene rings is 1. The second kappa shape index (κ2) is 4.74. The summed E-state index contributed by atoms with van der Waals surface area (Å²) in [6.07, 6.45) is 0.784. The molecular weight excluding hydrogens is 226 g/mol. The van der Waals surface area contributed by atoms with Crippen LogP contribution in [0.15, 0.2) is 24.3 Å². The molecule has 16 heavy (non-hydrogen) atoms. The van der Waals surface area contributed by atoms with Crippen molar-refractivity contribution in [1.82, 2.24) is 5.32 Å². The maximum atomic E-state index is 11.5. The lowest BCUT2D eigenvalue weighted by atomic mass is 10.0. The van der Waals surface area contributed by atoms with Gasteiger partial charge in [0.2, 0.25) is 5.91 Å². The fourth-order valence-corrected chi connectivity index (χ4v) is 1.84. The third kappa shape index (κ3) is 2.30. The van der Waals surface area contributed by atoms with E-state index in [0.717, 1.165) is 17.7 Å². The van der Waals surface area contributed by atoms with Crippen LogP contribution in [-0.4, -0.2) is 17.9 Å². The molecule has 0 saturated carbocycles. The number of carbonyl (C=O) groups excluding carboxylic acids is 1. The van der Waals surface area contributed by atoms with E-state index in [9.17, 15) is 4.79 Å². The number of ether oxygens (including phenoxy) is 1. The predicted molar refractivity (Wildman–Crippen MR) is 62.8 cm³/mol. The Morgan fingerprint density at radius 2 is 2.31 bits per heavy atom. The number of fused-ring (bicyclic) bond motifs is 1. The van der Waals surface area contributed by atoms with Crippen molar-refractivity contribution in [1.29, 1.82) is 0 Å². The average Bonchev–Trinajstić information content (AvgIpc) is 2.29. The first kappa shape index (κ1) is 11.3. The van der Waals surface area contributed by atoms with E-state index in [1.807, 2.05) is 24.3 Å². The summed E-state index contributed by atoms with van der Waals surface area (Å²) in [4.78, 5) is 11.5. The molecule has 86 valence electrons. The molecule has 0 aromatic heterocycles. The second-order valence-electron chi connectivity index (χ2n) is 3.85. The van der Waals surface area contributed by atoms with Crippen LogP contribution in [0.5, 0.6) is 5.75 Å². The number of nitrogens with one attached hydrogen (secondary N) is 1. The van der Waals surface area contributed by atoms with E-state index in [0.29, 0.717) is 6.61 Å². The van der Waals surface area contributed by atoms with Crippen LogP contribution in [0.3, 0.4) is 0 Å². The van der Waals surface area contributed by atoms with Crippen molar-refractivity contribution in [2.45, 2.75) is 24.8 Å². The van der Waals surface area contributed by atoms with E-state index in [-0.39, 0.29) is 11.9 Å². The number of carbonyl (C=O) groups is 1. The number of para-hydroxylation sites is 1. The minimum Gasteiger partial charge on any atom is -0.493 e. The first-order valence-electron chi connectivity index (χ1n) is 5.34. The summed E-state index contributed by atoms with van der Waals surface area (Å²) in [5, 5.41) is 2.42. The quantitative estimate of drug-likeness (QED) is 0.804. The van der Waals surface area contributed by atoms with Crippen molar-refractivity contribution >= 4 is 17.5 Å². The second-order valence-corrected chi connectivity index (χ2v) is 4.51. The monoisotopic (exact) mass is 239 g/mol. The Kier molecular flexibility index (Phi) is 3.34. The SMILES string of the molecule is C[C@@H](Cl)C(=O)N[C@@H]1CCOc2ccccc21. The van der Waals surface area contributed by atoms with Gasteiger partial charge in [-0.3, -0.25) is 4.79 Å². The average molecular weight is 240 g/mol. The van der Waals surface area contributed by atoms with Gasteiger partial charge in [-0.05, 0) is 13.0 Å². The molecule has 1 N–H and O–H groups in total. The summed E-state index contributed by atoms with van der Waals surface area (Å²) in [5.41, 5.74) is 1.03. The molecule has 0 aliphatic carbocycles. The van der Waals surface area contributed by atoms with Crippen LogP contribution in [0.2, 0.25) is 0 Å². The minimum absolute atomic E-state index is 0.0126. The van der Waals surface area contributed by atoms with Gasteiger partial charge < -0.3 is 10.1 Å². The zero-order chi connectivity index (χ0) is 11.5. The largest absolute Gasteiger partial charge is 0.493 e. The van der Waals surface area contributed by atoms with Crippen molar-refractivity contribution in [3.8, 4) is 5.75 Å². The van der Waals surface area contributed by atoms with Crippen LogP contribution < -0.4 is 10.1 Å². The lowest BCUT2D eigenvalue weighted by Crippen LogP contribution is -2.35. The number of rotatable bonds is 2. The molecule has 1 aliphatic heterocycles. The number of alkyl halides is 1. The molecular formula is C12H14ClNO2. The molecule has 0 spiro atoms. The van der Waals surface area contributed by atoms with Crippen LogP contribution in [-0.2, 0) is 4.79 Å². The van der Waals surface area contributed by atoms with Gasteiger partial charge in [-0.25, -0.2) is 0 Å². The van der Waals surface area contributed by atoms with E-state index >= 15 is 0 Å². The summed E-state index contributed by atoms with van der Waals surface area (Å²) in [7, 11) is 0. The van der Waals surface area contributed by atoms with Gasteiger partial charge in [-0.1, -0.05) is 18.2 Å². The minimum atomic E-state index is -0.505. The Hall–Kier alpha value is -1.22. The van der Waals surface area contributed by atoms with Gasteiger partial charge in [0.25, 0.3) is 0 Å². The third-order valence-corrected chi connectivity index (χ3v) is 2.83. The van der Waals surface area contributed by atoms with E-state index in [2.05, 4.69) is 5.32 Å². The van der Waals surface area contributed by atoms with Gasteiger partial charge in [0.1, 0.15) is 11.1 Å². The van der Waals surface area contributed by atoms with Crippen molar-refractivity contribution in [3.05, 3.63) is 29.8 Å². The van der Waals surface area contributed by atoms with Gasteiger partial charge >= 0.3 is 0 Å². The van der Waals surface area contributed by atoms with Crippen molar-refractivity contribution < 1.29 is 9.53 Å². The molecule has 2 rings (SSSR count). The summed E-state index contributed by atoms with van der Waals surface area (Å²) in [6, 6.07) is 7.76. The molecule has 0 unspecified atom stereocenters. The molecule has 1 heterocycles. The first-order valence-corrected chi connectivity index (χ1v) is 5.78. The maximum Gasteiger partial charge on any atom is 0.238 e. The van der Waals surface area contributed by atoms with Crippen molar-refractivity contribution in [3.63, 3.8) is 0 Å². The summed E-state index contributed by atoms with van der Waals surface area (Å²) in [6.45, 7) is 2.29. The molecule has 0 saturated heterocycles. The Bertz CT molecular complexity index is 392. The van der Waals surface area contributed by atoms with E-state index in [4.69, 9.17) is 16.3 Å². The highest BCUT2D eigenvalue weighted by molar-refractivity contribution is 6.30. The molecule has 2 atom stereocenters. The molecule has 3 nitrogen and oxygen atoms in total. The fraction of sp³-hybridized carbons (Fsp3) is 0.417. The highest BCUT2D eigenvalue weighted by Crippen LogP contribution is 2.31. The molecule has 4 heteroatoms. The van der Waals surface area contributed by atoms with Crippen molar-refractivity contribution in [2.24, 2.45) is 0 Å². The Balaban J connectivity index is 2.16. The predicted octanol–water partition coefficient (Wildman–Crippen LogP) is 2.25. The lowest BCUT2D eigenvalue weighted by molar-refractivity contribution is -0.121. The van der Waals surface area contributed by atoms with Gasteiger partial charge in [-0.15, -0.1) is 11.6 Å². The molecule has 1 aliphatic rings.